The topological polar surface area (TPSA) is 111 Å². The van der Waals surface area contributed by atoms with Gasteiger partial charge in [-0.1, -0.05) is 80.6 Å². The van der Waals surface area contributed by atoms with Gasteiger partial charge in [0.25, 0.3) is 0 Å². The molecule has 0 aromatic heterocycles. The summed E-state index contributed by atoms with van der Waals surface area (Å²) in [6.07, 6.45) is 2.40. The number of rotatable bonds is 16. The highest BCUT2D eigenvalue weighted by molar-refractivity contribution is 5.92. The number of ether oxygens (including phenoxy) is 1. The zero-order valence-electron chi connectivity index (χ0n) is 28.5. The van der Waals surface area contributed by atoms with Crippen LogP contribution in [0.4, 0.5) is 4.39 Å². The summed E-state index contributed by atoms with van der Waals surface area (Å²) in [6.45, 7) is 4.85. The maximum atomic E-state index is 14.4. The summed E-state index contributed by atoms with van der Waals surface area (Å²) in [4.78, 5) is 44.3. The van der Waals surface area contributed by atoms with Gasteiger partial charge in [-0.05, 0) is 53.8 Å². The Bertz CT molecular complexity index is 1480. The molecule has 0 bridgehead atoms. The summed E-state index contributed by atoms with van der Waals surface area (Å²) in [5.41, 5.74) is 3.04. The van der Waals surface area contributed by atoms with Crippen LogP contribution < -0.4 is 10.6 Å². The second-order valence-electron chi connectivity index (χ2n) is 13.4. The predicted octanol–water partition coefficient (Wildman–Crippen LogP) is 3.84. The van der Waals surface area contributed by atoms with E-state index >= 15 is 0 Å². The maximum Gasteiger partial charge on any atom is 0.249 e. The quantitative estimate of drug-likeness (QED) is 0.216. The first kappa shape index (κ1) is 36.7. The standard InChI is InChI=1S/C38H49FN4O5/c1-38(2,26-44)25-41-36(46)33(21-28-14-18-31(39)19-15-28)43(4)37(47)34(42(3)35(45)24-48-23-32-11-8-20-40-32)22-27-12-16-30(17-13-27)29-9-6-5-7-10-29/h5-7,9-10,12-19,32-34,40,44H,8,11,20-26H2,1-4H3,(H,41,46)/t32-,33-,34-/m1/s1. The van der Waals surface area contributed by atoms with Crippen molar-refractivity contribution in [1.29, 1.82) is 0 Å². The summed E-state index contributed by atoms with van der Waals surface area (Å²) in [7, 11) is 3.15. The normalized spacial score (nSPS) is 15.8. The number of nitrogens with zero attached hydrogens (tertiary/aromatic N) is 2. The molecule has 1 heterocycles. The SMILES string of the molecule is CN(C(=O)COC[C@H]1CCCN1)[C@H](Cc1ccc(-c2ccccc2)cc1)C(=O)N(C)[C@H](Cc1ccc(F)cc1)C(=O)NCC(C)(C)CO. The Morgan fingerprint density at radius 2 is 1.52 bits per heavy atom. The van der Waals surface area contributed by atoms with E-state index in [9.17, 15) is 23.9 Å². The molecule has 3 N–H and O–H groups in total. The Kier molecular flexibility index (Phi) is 13.3. The summed E-state index contributed by atoms with van der Waals surface area (Å²) in [6, 6.07) is 21.9. The predicted molar refractivity (Wildman–Crippen MR) is 185 cm³/mol. The van der Waals surface area contributed by atoms with Crippen molar-refractivity contribution in [3.63, 3.8) is 0 Å². The Hall–Kier alpha value is -4.12. The second kappa shape index (κ2) is 17.3. The first-order valence-electron chi connectivity index (χ1n) is 16.6. The van der Waals surface area contributed by atoms with Crippen LogP contribution in [-0.4, -0.2) is 97.8 Å². The number of benzene rings is 3. The van der Waals surface area contributed by atoms with Crippen LogP contribution in [0.3, 0.4) is 0 Å². The minimum atomic E-state index is -0.964. The fraction of sp³-hybridized carbons (Fsp3) is 0.447. The number of aliphatic hydroxyl groups excluding tert-OH is 1. The van der Waals surface area contributed by atoms with E-state index in [-0.39, 0.29) is 44.5 Å². The van der Waals surface area contributed by atoms with E-state index in [0.29, 0.717) is 12.2 Å². The molecular formula is C38H49FN4O5. The van der Waals surface area contributed by atoms with Crippen LogP contribution in [0.25, 0.3) is 11.1 Å². The first-order chi connectivity index (χ1) is 23.0. The van der Waals surface area contributed by atoms with Crippen molar-refractivity contribution < 1.29 is 28.6 Å². The lowest BCUT2D eigenvalue weighted by Crippen LogP contribution is -2.57. The Morgan fingerprint density at radius 1 is 0.917 bits per heavy atom. The molecule has 10 heteroatoms. The lowest BCUT2D eigenvalue weighted by Gasteiger charge is -2.35. The molecule has 0 aliphatic carbocycles. The fourth-order valence-electron chi connectivity index (χ4n) is 5.68. The highest BCUT2D eigenvalue weighted by Gasteiger charge is 2.36. The fourth-order valence-corrected chi connectivity index (χ4v) is 5.68. The summed E-state index contributed by atoms with van der Waals surface area (Å²) in [5, 5.41) is 16.0. The van der Waals surface area contributed by atoms with Crippen LogP contribution >= 0.6 is 0 Å². The molecule has 1 aliphatic rings. The Labute approximate surface area is 283 Å². The number of hydrogen-bond donors (Lipinski definition) is 3. The average Bonchev–Trinajstić information content (AvgIpc) is 3.63. The van der Waals surface area contributed by atoms with Crippen LogP contribution in [-0.2, 0) is 32.0 Å². The van der Waals surface area contributed by atoms with E-state index in [4.69, 9.17) is 4.74 Å². The van der Waals surface area contributed by atoms with Crippen LogP contribution in [0.5, 0.6) is 0 Å². The molecule has 3 amide bonds. The third kappa shape index (κ3) is 10.4. The summed E-state index contributed by atoms with van der Waals surface area (Å²) >= 11 is 0. The monoisotopic (exact) mass is 660 g/mol. The maximum absolute atomic E-state index is 14.4. The van der Waals surface area contributed by atoms with Gasteiger partial charge in [0.15, 0.2) is 0 Å². The highest BCUT2D eigenvalue weighted by Crippen LogP contribution is 2.22. The minimum Gasteiger partial charge on any atom is -0.396 e. The number of aliphatic hydroxyl groups is 1. The lowest BCUT2D eigenvalue weighted by atomic mass is 9.94. The van der Waals surface area contributed by atoms with Gasteiger partial charge in [-0.25, -0.2) is 4.39 Å². The van der Waals surface area contributed by atoms with Gasteiger partial charge in [-0.3, -0.25) is 14.4 Å². The molecule has 48 heavy (non-hydrogen) atoms. The van der Waals surface area contributed by atoms with Gasteiger partial charge in [0.2, 0.25) is 17.7 Å². The van der Waals surface area contributed by atoms with Crippen molar-refractivity contribution in [2.45, 2.75) is 57.7 Å². The van der Waals surface area contributed by atoms with Crippen LogP contribution in [0.15, 0.2) is 78.9 Å². The largest absolute Gasteiger partial charge is 0.396 e. The Balaban J connectivity index is 1.58. The smallest absolute Gasteiger partial charge is 0.249 e. The average molecular weight is 661 g/mol. The summed E-state index contributed by atoms with van der Waals surface area (Å²) < 4.78 is 19.5. The number of amides is 3. The van der Waals surface area contributed by atoms with E-state index in [1.165, 1.54) is 21.9 Å². The molecule has 3 atom stereocenters. The number of halogens is 1. The van der Waals surface area contributed by atoms with Crippen molar-refractivity contribution in [2.75, 3.05) is 47.0 Å². The molecule has 1 aliphatic heterocycles. The van der Waals surface area contributed by atoms with Crippen molar-refractivity contribution in [1.82, 2.24) is 20.4 Å². The van der Waals surface area contributed by atoms with Gasteiger partial charge in [0, 0.05) is 51.5 Å². The van der Waals surface area contributed by atoms with Crippen molar-refractivity contribution in [3.05, 3.63) is 95.8 Å². The van der Waals surface area contributed by atoms with E-state index in [1.807, 2.05) is 68.4 Å². The molecule has 9 nitrogen and oxygen atoms in total. The van der Waals surface area contributed by atoms with E-state index in [1.54, 1.807) is 26.2 Å². The molecule has 0 radical (unpaired) electrons. The van der Waals surface area contributed by atoms with Crippen molar-refractivity contribution >= 4 is 17.7 Å². The summed E-state index contributed by atoms with van der Waals surface area (Å²) in [5.74, 6) is -1.58. The van der Waals surface area contributed by atoms with Crippen molar-refractivity contribution in [2.24, 2.45) is 5.41 Å². The third-order valence-corrected chi connectivity index (χ3v) is 8.97. The van der Waals surface area contributed by atoms with Gasteiger partial charge in [-0.15, -0.1) is 0 Å². The number of nitrogens with one attached hydrogen (secondary N) is 2. The minimum absolute atomic E-state index is 0.127. The molecule has 0 spiro atoms. The van der Waals surface area contributed by atoms with Crippen molar-refractivity contribution in [3.8, 4) is 11.1 Å². The molecule has 0 saturated carbocycles. The van der Waals surface area contributed by atoms with Crippen LogP contribution in [0.2, 0.25) is 0 Å². The molecule has 1 fully saturated rings. The van der Waals surface area contributed by atoms with Crippen LogP contribution in [0.1, 0.15) is 37.8 Å². The third-order valence-electron chi connectivity index (χ3n) is 8.97. The van der Waals surface area contributed by atoms with Gasteiger partial charge in [-0.2, -0.15) is 0 Å². The molecule has 0 unspecified atom stereocenters. The van der Waals surface area contributed by atoms with Gasteiger partial charge in [0.05, 0.1) is 6.61 Å². The van der Waals surface area contributed by atoms with E-state index in [0.717, 1.165) is 36.1 Å². The Morgan fingerprint density at radius 3 is 2.12 bits per heavy atom. The number of carbonyl (C=O) groups is 3. The molecule has 258 valence electrons. The number of likely N-dealkylation sites (N-methyl/N-ethyl adjacent to an activating group) is 2. The zero-order chi connectivity index (χ0) is 34.7. The van der Waals surface area contributed by atoms with Crippen LogP contribution in [0, 0.1) is 11.2 Å². The van der Waals surface area contributed by atoms with Gasteiger partial charge >= 0.3 is 0 Å². The first-order valence-corrected chi connectivity index (χ1v) is 16.6. The van der Waals surface area contributed by atoms with Gasteiger partial charge < -0.3 is 30.3 Å². The lowest BCUT2D eigenvalue weighted by molar-refractivity contribution is -0.149. The number of hydrogen-bond acceptors (Lipinski definition) is 6. The highest BCUT2D eigenvalue weighted by atomic mass is 19.1. The van der Waals surface area contributed by atoms with E-state index < -0.39 is 35.1 Å². The molecular weight excluding hydrogens is 611 g/mol. The number of carbonyl (C=O) groups excluding carboxylic acids is 3. The van der Waals surface area contributed by atoms with Gasteiger partial charge in [0.1, 0.15) is 24.5 Å². The molecule has 3 aromatic rings. The second-order valence-corrected chi connectivity index (χ2v) is 13.4. The molecule has 1 saturated heterocycles. The molecule has 3 aromatic carbocycles. The molecule has 4 rings (SSSR count). The zero-order valence-corrected chi connectivity index (χ0v) is 28.5. The van der Waals surface area contributed by atoms with E-state index in [2.05, 4.69) is 10.6 Å².